The van der Waals surface area contributed by atoms with E-state index in [4.69, 9.17) is 4.74 Å². The van der Waals surface area contributed by atoms with E-state index in [0.29, 0.717) is 0 Å². The zero-order chi connectivity index (χ0) is 13.2. The van der Waals surface area contributed by atoms with E-state index in [-0.39, 0.29) is 11.4 Å². The third-order valence-corrected chi connectivity index (χ3v) is 3.28. The molecular formula is C15H22O2. The number of carbonyl (C=O) groups is 1. The minimum Gasteiger partial charge on any atom is -0.426 e. The van der Waals surface area contributed by atoms with E-state index in [1.807, 2.05) is 13.0 Å². The minimum absolute atomic E-state index is 0.0154. The Labute approximate surface area is 104 Å². The monoisotopic (exact) mass is 234 g/mol. The number of hydrogen-bond acceptors (Lipinski definition) is 2. The predicted molar refractivity (Wildman–Crippen MR) is 70.5 cm³/mol. The van der Waals surface area contributed by atoms with Gasteiger partial charge in [-0.25, -0.2) is 0 Å². The maximum Gasteiger partial charge on any atom is 0.308 e. The second kappa shape index (κ2) is 4.91. The fraction of sp³-hybridized carbons (Fsp3) is 0.533. The third-order valence-electron chi connectivity index (χ3n) is 3.28. The summed E-state index contributed by atoms with van der Waals surface area (Å²) in [4.78, 5) is 11.2. The number of esters is 1. The van der Waals surface area contributed by atoms with Gasteiger partial charge in [-0.3, -0.25) is 4.79 Å². The Morgan fingerprint density at radius 3 is 2.35 bits per heavy atom. The molecule has 2 nitrogen and oxygen atoms in total. The molecule has 1 aromatic rings. The quantitative estimate of drug-likeness (QED) is 0.585. The van der Waals surface area contributed by atoms with Gasteiger partial charge in [-0.05, 0) is 31.2 Å². The normalized spacial score (nSPS) is 11.4. The van der Waals surface area contributed by atoms with E-state index in [9.17, 15) is 4.79 Å². The standard InChI is InChI=1S/C15H22O2/c1-7-15(5,6)13-9-10(2)8-11(3)14(13)17-12(4)16/h8-9H,7H2,1-6H3. The molecule has 0 bridgehead atoms. The molecule has 2 heteroatoms. The zero-order valence-corrected chi connectivity index (χ0v) is 11.7. The highest BCUT2D eigenvalue weighted by Crippen LogP contribution is 2.37. The van der Waals surface area contributed by atoms with Crippen molar-refractivity contribution in [3.63, 3.8) is 0 Å². The number of aryl methyl sites for hydroxylation is 2. The molecule has 0 aromatic heterocycles. The molecule has 0 spiro atoms. The molecule has 0 N–H and O–H groups in total. The lowest BCUT2D eigenvalue weighted by Crippen LogP contribution is -2.19. The van der Waals surface area contributed by atoms with Crippen molar-refractivity contribution < 1.29 is 9.53 Å². The van der Waals surface area contributed by atoms with Gasteiger partial charge in [-0.2, -0.15) is 0 Å². The van der Waals surface area contributed by atoms with Crippen LogP contribution in [0, 0.1) is 13.8 Å². The second-order valence-electron chi connectivity index (χ2n) is 5.29. The largest absolute Gasteiger partial charge is 0.426 e. The van der Waals surface area contributed by atoms with Crippen molar-refractivity contribution in [2.45, 2.75) is 53.4 Å². The highest BCUT2D eigenvalue weighted by molar-refractivity contribution is 5.71. The predicted octanol–water partition coefficient (Wildman–Crippen LogP) is 3.92. The van der Waals surface area contributed by atoms with E-state index >= 15 is 0 Å². The van der Waals surface area contributed by atoms with Crippen molar-refractivity contribution in [3.05, 3.63) is 28.8 Å². The van der Waals surface area contributed by atoms with E-state index in [1.54, 1.807) is 0 Å². The summed E-state index contributed by atoms with van der Waals surface area (Å²) < 4.78 is 5.38. The SMILES string of the molecule is CCC(C)(C)c1cc(C)cc(C)c1OC(C)=O. The molecular weight excluding hydrogens is 212 g/mol. The van der Waals surface area contributed by atoms with Crippen molar-refractivity contribution in [2.24, 2.45) is 0 Å². The molecule has 0 amide bonds. The topological polar surface area (TPSA) is 26.3 Å². The molecule has 0 heterocycles. The fourth-order valence-corrected chi connectivity index (χ4v) is 1.93. The van der Waals surface area contributed by atoms with Gasteiger partial charge in [0.2, 0.25) is 0 Å². The van der Waals surface area contributed by atoms with Crippen LogP contribution >= 0.6 is 0 Å². The van der Waals surface area contributed by atoms with E-state index in [2.05, 4.69) is 33.8 Å². The molecule has 0 aliphatic rings. The molecule has 0 aliphatic carbocycles. The molecule has 0 atom stereocenters. The summed E-state index contributed by atoms with van der Waals surface area (Å²) >= 11 is 0. The van der Waals surface area contributed by atoms with Gasteiger partial charge in [0, 0.05) is 12.5 Å². The molecule has 0 aliphatic heterocycles. The Morgan fingerprint density at radius 2 is 1.88 bits per heavy atom. The van der Waals surface area contributed by atoms with Crippen LogP contribution in [0.5, 0.6) is 5.75 Å². The second-order valence-corrected chi connectivity index (χ2v) is 5.29. The van der Waals surface area contributed by atoms with E-state index < -0.39 is 0 Å². The Morgan fingerprint density at radius 1 is 1.29 bits per heavy atom. The molecule has 0 unspecified atom stereocenters. The van der Waals surface area contributed by atoms with E-state index in [1.165, 1.54) is 12.5 Å². The summed E-state index contributed by atoms with van der Waals surface area (Å²) in [6.07, 6.45) is 1.00. The highest BCUT2D eigenvalue weighted by Gasteiger charge is 2.24. The Balaban J connectivity index is 3.40. The first-order valence-electron chi connectivity index (χ1n) is 6.08. The lowest BCUT2D eigenvalue weighted by molar-refractivity contribution is -0.132. The van der Waals surface area contributed by atoms with Crippen LogP contribution in [0.15, 0.2) is 12.1 Å². The van der Waals surface area contributed by atoms with Crippen LogP contribution in [-0.2, 0) is 10.2 Å². The maximum atomic E-state index is 11.2. The van der Waals surface area contributed by atoms with Crippen LogP contribution in [0.4, 0.5) is 0 Å². The number of rotatable bonds is 3. The van der Waals surface area contributed by atoms with Crippen LogP contribution in [0.3, 0.4) is 0 Å². The fourth-order valence-electron chi connectivity index (χ4n) is 1.93. The van der Waals surface area contributed by atoms with Gasteiger partial charge in [-0.1, -0.05) is 38.5 Å². The zero-order valence-electron chi connectivity index (χ0n) is 11.7. The van der Waals surface area contributed by atoms with Gasteiger partial charge >= 0.3 is 5.97 Å². The average Bonchev–Trinajstić information content (AvgIpc) is 2.21. The number of benzene rings is 1. The van der Waals surface area contributed by atoms with Crippen LogP contribution in [-0.4, -0.2) is 5.97 Å². The first-order chi connectivity index (χ1) is 7.77. The lowest BCUT2D eigenvalue weighted by Gasteiger charge is -2.27. The van der Waals surface area contributed by atoms with Crippen molar-refractivity contribution in [1.82, 2.24) is 0 Å². The molecule has 0 saturated carbocycles. The Hall–Kier alpha value is -1.31. The summed E-state index contributed by atoms with van der Waals surface area (Å²) in [6, 6.07) is 4.17. The van der Waals surface area contributed by atoms with Gasteiger partial charge in [0.15, 0.2) is 0 Å². The summed E-state index contributed by atoms with van der Waals surface area (Å²) in [6.45, 7) is 12.0. The number of ether oxygens (including phenoxy) is 1. The molecule has 94 valence electrons. The Bertz CT molecular complexity index is 431. The van der Waals surface area contributed by atoms with Crippen molar-refractivity contribution in [1.29, 1.82) is 0 Å². The molecule has 17 heavy (non-hydrogen) atoms. The van der Waals surface area contributed by atoms with Gasteiger partial charge in [-0.15, -0.1) is 0 Å². The van der Waals surface area contributed by atoms with Gasteiger partial charge in [0.05, 0.1) is 0 Å². The lowest BCUT2D eigenvalue weighted by atomic mass is 9.80. The summed E-state index contributed by atoms with van der Waals surface area (Å²) in [5.41, 5.74) is 3.36. The summed E-state index contributed by atoms with van der Waals surface area (Å²) in [7, 11) is 0. The summed E-state index contributed by atoms with van der Waals surface area (Å²) in [5.74, 6) is 0.472. The molecule has 0 fully saturated rings. The molecule has 0 radical (unpaired) electrons. The summed E-state index contributed by atoms with van der Waals surface area (Å²) in [5, 5.41) is 0. The van der Waals surface area contributed by atoms with Crippen LogP contribution in [0.2, 0.25) is 0 Å². The van der Waals surface area contributed by atoms with Crippen molar-refractivity contribution in [2.75, 3.05) is 0 Å². The van der Waals surface area contributed by atoms with Gasteiger partial charge in [0.1, 0.15) is 5.75 Å². The number of carbonyl (C=O) groups excluding carboxylic acids is 1. The maximum absolute atomic E-state index is 11.2. The Kier molecular flexibility index (Phi) is 3.97. The average molecular weight is 234 g/mol. The third kappa shape index (κ3) is 3.09. The van der Waals surface area contributed by atoms with Crippen molar-refractivity contribution in [3.8, 4) is 5.75 Å². The number of hydrogen-bond donors (Lipinski definition) is 0. The van der Waals surface area contributed by atoms with Crippen molar-refractivity contribution >= 4 is 5.97 Å². The smallest absolute Gasteiger partial charge is 0.308 e. The van der Waals surface area contributed by atoms with Crippen LogP contribution < -0.4 is 4.74 Å². The highest BCUT2D eigenvalue weighted by atomic mass is 16.5. The molecule has 1 aromatic carbocycles. The molecule has 0 saturated heterocycles. The molecule has 1 rings (SSSR count). The van der Waals surface area contributed by atoms with Gasteiger partial charge < -0.3 is 4.74 Å². The van der Waals surface area contributed by atoms with Gasteiger partial charge in [0.25, 0.3) is 0 Å². The first-order valence-corrected chi connectivity index (χ1v) is 6.08. The van der Waals surface area contributed by atoms with Crippen LogP contribution in [0.1, 0.15) is 50.8 Å². The minimum atomic E-state index is -0.259. The first kappa shape index (κ1) is 13.8. The van der Waals surface area contributed by atoms with Crippen LogP contribution in [0.25, 0.3) is 0 Å². The van der Waals surface area contributed by atoms with E-state index in [0.717, 1.165) is 23.3 Å².